The van der Waals surface area contributed by atoms with Crippen LogP contribution in [0.15, 0.2) is 0 Å². The highest BCUT2D eigenvalue weighted by molar-refractivity contribution is 4.94. The fraction of sp³-hybridized carbons (Fsp3) is 1.00. The molecule has 2 bridgehead atoms. The molecule has 3 atom stereocenters. The predicted octanol–water partition coefficient (Wildman–Crippen LogP) is 1.50. The predicted molar refractivity (Wildman–Crippen MR) is 49.2 cm³/mol. The average molecular weight is 169 g/mol. The van der Waals surface area contributed by atoms with Gasteiger partial charge in [-0.05, 0) is 19.3 Å². The van der Waals surface area contributed by atoms with Crippen molar-refractivity contribution in [2.75, 3.05) is 13.2 Å². The van der Waals surface area contributed by atoms with E-state index in [0.717, 1.165) is 24.6 Å². The molecule has 2 aliphatic heterocycles. The average Bonchev–Trinajstić information content (AvgIpc) is 2.62. The largest absolute Gasteiger partial charge is 0.375 e. The Bertz CT molecular complexity index is 169. The summed E-state index contributed by atoms with van der Waals surface area (Å²) in [5.74, 6) is 0.768. The molecule has 12 heavy (non-hydrogen) atoms. The van der Waals surface area contributed by atoms with Gasteiger partial charge in [-0.2, -0.15) is 0 Å². The van der Waals surface area contributed by atoms with Gasteiger partial charge in [0.25, 0.3) is 0 Å². The van der Waals surface area contributed by atoms with E-state index in [1.165, 1.54) is 13.0 Å². The van der Waals surface area contributed by atoms with Gasteiger partial charge in [0.2, 0.25) is 0 Å². The summed E-state index contributed by atoms with van der Waals surface area (Å²) in [6.45, 7) is 9.09. The lowest BCUT2D eigenvalue weighted by Crippen LogP contribution is -2.45. The molecule has 2 saturated heterocycles. The van der Waals surface area contributed by atoms with Gasteiger partial charge in [0.15, 0.2) is 0 Å². The minimum absolute atomic E-state index is 0.552. The van der Waals surface area contributed by atoms with E-state index in [-0.39, 0.29) is 0 Å². The first-order valence-corrected chi connectivity index (χ1v) is 5.06. The van der Waals surface area contributed by atoms with Crippen LogP contribution in [-0.4, -0.2) is 36.2 Å². The summed E-state index contributed by atoms with van der Waals surface area (Å²) >= 11 is 0. The minimum atomic E-state index is 0.552. The molecule has 0 aromatic heterocycles. The lowest BCUT2D eigenvalue weighted by atomic mass is 10.0. The Balaban J connectivity index is 1.97. The number of nitrogens with zero attached hydrogens (tertiary/aromatic N) is 1. The van der Waals surface area contributed by atoms with Crippen LogP contribution in [0.5, 0.6) is 0 Å². The molecular formula is C10H19NO. The van der Waals surface area contributed by atoms with Crippen molar-refractivity contribution >= 4 is 0 Å². The number of rotatable bonds is 2. The highest BCUT2D eigenvalue weighted by Crippen LogP contribution is 2.31. The van der Waals surface area contributed by atoms with Gasteiger partial charge in [0.05, 0.1) is 12.7 Å². The molecule has 0 amide bonds. The number of ether oxygens (including phenoxy) is 1. The van der Waals surface area contributed by atoms with Crippen molar-refractivity contribution in [1.82, 2.24) is 4.90 Å². The Labute approximate surface area is 74.9 Å². The Kier molecular flexibility index (Phi) is 2.13. The van der Waals surface area contributed by atoms with Gasteiger partial charge in [-0.1, -0.05) is 13.8 Å². The van der Waals surface area contributed by atoms with Crippen LogP contribution >= 0.6 is 0 Å². The van der Waals surface area contributed by atoms with E-state index >= 15 is 0 Å². The second kappa shape index (κ2) is 3.00. The first-order valence-electron chi connectivity index (χ1n) is 5.06. The van der Waals surface area contributed by atoms with E-state index in [9.17, 15) is 0 Å². The molecule has 0 spiro atoms. The number of hydrogen-bond acceptors (Lipinski definition) is 2. The summed E-state index contributed by atoms with van der Waals surface area (Å²) in [4.78, 5) is 2.62. The molecule has 2 heteroatoms. The summed E-state index contributed by atoms with van der Waals surface area (Å²) in [5, 5.41) is 0. The number of morpholine rings is 1. The van der Waals surface area contributed by atoms with Crippen molar-refractivity contribution < 1.29 is 4.74 Å². The molecule has 0 aromatic rings. The van der Waals surface area contributed by atoms with Gasteiger partial charge in [-0.15, -0.1) is 0 Å². The first kappa shape index (κ1) is 8.52. The second-order valence-corrected chi connectivity index (χ2v) is 4.53. The van der Waals surface area contributed by atoms with Crippen molar-refractivity contribution in [3.63, 3.8) is 0 Å². The minimum Gasteiger partial charge on any atom is -0.375 e. The normalized spacial score (nSPS) is 38.0. The molecule has 0 unspecified atom stereocenters. The maximum Gasteiger partial charge on any atom is 0.0718 e. The summed E-state index contributed by atoms with van der Waals surface area (Å²) in [6.07, 6.45) is 1.83. The molecule has 0 aromatic carbocycles. The topological polar surface area (TPSA) is 12.5 Å². The summed E-state index contributed by atoms with van der Waals surface area (Å²) in [6, 6.07) is 1.45. The van der Waals surface area contributed by atoms with Crippen LogP contribution in [-0.2, 0) is 4.74 Å². The highest BCUT2D eigenvalue weighted by atomic mass is 16.5. The van der Waals surface area contributed by atoms with Gasteiger partial charge in [-0.3, -0.25) is 4.90 Å². The zero-order valence-corrected chi connectivity index (χ0v) is 8.29. The van der Waals surface area contributed by atoms with Gasteiger partial charge >= 0.3 is 0 Å². The summed E-state index contributed by atoms with van der Waals surface area (Å²) in [7, 11) is 0. The standard InChI is InChI=1S/C10H19NO/c1-7(2)8(3)11-5-10-4-9(11)6-12-10/h7-10H,4-6H2,1-3H3/t8-,9-,10-/m1/s1. The maximum atomic E-state index is 5.57. The molecule has 2 rings (SSSR count). The third-order valence-corrected chi connectivity index (χ3v) is 3.43. The smallest absolute Gasteiger partial charge is 0.0718 e. The number of fused-ring (bicyclic) bond motifs is 2. The molecule has 70 valence electrons. The third-order valence-electron chi connectivity index (χ3n) is 3.43. The van der Waals surface area contributed by atoms with Crippen LogP contribution in [0.3, 0.4) is 0 Å². The Morgan fingerprint density at radius 1 is 1.33 bits per heavy atom. The van der Waals surface area contributed by atoms with Crippen LogP contribution < -0.4 is 0 Å². The van der Waals surface area contributed by atoms with Crippen molar-refractivity contribution in [3.8, 4) is 0 Å². The quantitative estimate of drug-likeness (QED) is 0.621. The number of hydrogen-bond donors (Lipinski definition) is 0. The first-order chi connectivity index (χ1) is 5.68. The molecule has 0 aliphatic carbocycles. The summed E-state index contributed by atoms with van der Waals surface area (Å²) in [5.41, 5.74) is 0. The van der Waals surface area contributed by atoms with Crippen molar-refractivity contribution in [3.05, 3.63) is 0 Å². The van der Waals surface area contributed by atoms with Crippen LogP contribution in [0.25, 0.3) is 0 Å². The molecule has 2 fully saturated rings. The maximum absolute atomic E-state index is 5.57. The zero-order chi connectivity index (χ0) is 8.72. The Morgan fingerprint density at radius 2 is 2.08 bits per heavy atom. The van der Waals surface area contributed by atoms with Crippen molar-refractivity contribution in [2.45, 2.75) is 45.4 Å². The second-order valence-electron chi connectivity index (χ2n) is 4.53. The monoisotopic (exact) mass is 169 g/mol. The molecular weight excluding hydrogens is 150 g/mol. The molecule has 2 heterocycles. The molecule has 2 nitrogen and oxygen atoms in total. The number of likely N-dealkylation sites (tertiary alicyclic amines) is 1. The van der Waals surface area contributed by atoms with Crippen LogP contribution in [0.2, 0.25) is 0 Å². The van der Waals surface area contributed by atoms with Gasteiger partial charge in [0, 0.05) is 18.6 Å². The zero-order valence-electron chi connectivity index (χ0n) is 8.29. The van der Waals surface area contributed by atoms with Crippen LogP contribution in [0, 0.1) is 5.92 Å². The highest BCUT2D eigenvalue weighted by Gasteiger charge is 2.41. The fourth-order valence-electron chi connectivity index (χ4n) is 2.31. The molecule has 0 N–H and O–H groups in total. The summed E-state index contributed by atoms with van der Waals surface area (Å²) < 4.78 is 5.57. The van der Waals surface area contributed by atoms with E-state index < -0.39 is 0 Å². The van der Waals surface area contributed by atoms with E-state index in [1.54, 1.807) is 0 Å². The Hall–Kier alpha value is -0.0800. The molecule has 0 radical (unpaired) electrons. The molecule has 2 aliphatic rings. The van der Waals surface area contributed by atoms with Gasteiger partial charge in [0.1, 0.15) is 0 Å². The molecule has 0 saturated carbocycles. The van der Waals surface area contributed by atoms with E-state index in [4.69, 9.17) is 4.74 Å². The van der Waals surface area contributed by atoms with E-state index in [1.807, 2.05) is 0 Å². The van der Waals surface area contributed by atoms with Crippen LogP contribution in [0.4, 0.5) is 0 Å². The van der Waals surface area contributed by atoms with Crippen molar-refractivity contribution in [2.24, 2.45) is 5.92 Å². The van der Waals surface area contributed by atoms with Crippen LogP contribution in [0.1, 0.15) is 27.2 Å². The van der Waals surface area contributed by atoms with Gasteiger partial charge < -0.3 is 4.74 Å². The lowest BCUT2D eigenvalue weighted by molar-refractivity contribution is 0.00606. The fourth-order valence-corrected chi connectivity index (χ4v) is 2.31. The van der Waals surface area contributed by atoms with Gasteiger partial charge in [-0.25, -0.2) is 0 Å². The SMILES string of the molecule is CC(C)[C@@H](C)N1C[C@H]2C[C@@H]1CO2. The third kappa shape index (κ3) is 1.27. The lowest BCUT2D eigenvalue weighted by Gasteiger charge is -2.34. The van der Waals surface area contributed by atoms with E-state index in [2.05, 4.69) is 25.7 Å². The Morgan fingerprint density at radius 3 is 2.50 bits per heavy atom. The van der Waals surface area contributed by atoms with Crippen molar-refractivity contribution in [1.29, 1.82) is 0 Å². The van der Waals surface area contributed by atoms with E-state index in [0.29, 0.717) is 6.10 Å².